The summed E-state index contributed by atoms with van der Waals surface area (Å²) in [5, 5.41) is 16.4. The van der Waals surface area contributed by atoms with Gasteiger partial charge in [-0.25, -0.2) is 0 Å². The Labute approximate surface area is 265 Å². The highest BCUT2D eigenvalue weighted by atomic mass is 35.5. The van der Waals surface area contributed by atoms with E-state index in [-0.39, 0.29) is 18.2 Å². The lowest BCUT2D eigenvalue weighted by Crippen LogP contribution is -2.28. The molecule has 2 aromatic carbocycles. The van der Waals surface area contributed by atoms with Crippen molar-refractivity contribution in [3.63, 3.8) is 0 Å². The normalized spacial score (nSPS) is 13.6. The van der Waals surface area contributed by atoms with E-state index in [1.54, 1.807) is 35.6 Å². The third kappa shape index (κ3) is 6.91. The van der Waals surface area contributed by atoms with Crippen LogP contribution in [-0.4, -0.2) is 51.9 Å². The van der Waals surface area contributed by atoms with Crippen LogP contribution in [0.4, 0.5) is 0 Å². The van der Waals surface area contributed by atoms with Crippen LogP contribution >= 0.6 is 22.9 Å². The highest BCUT2D eigenvalue weighted by molar-refractivity contribution is 7.15. The largest absolute Gasteiger partial charge is 0.356 e. The Morgan fingerprint density at radius 3 is 2.41 bits per heavy atom. The molecule has 0 spiro atoms. The number of aliphatic imine (C=N–C) groups is 1. The van der Waals surface area contributed by atoms with Crippen LogP contribution in [0.3, 0.4) is 0 Å². The summed E-state index contributed by atoms with van der Waals surface area (Å²) < 4.78 is 2.04. The van der Waals surface area contributed by atoms with E-state index in [1.165, 1.54) is 4.88 Å². The molecular weight excluding hydrogens is 594 g/mol. The van der Waals surface area contributed by atoms with E-state index < -0.39 is 6.04 Å². The second kappa shape index (κ2) is 14.0. The molecule has 3 heterocycles. The molecule has 4 aromatic rings. The SMILES string of the molecule is Cc1sc2c(c1C)C(c1ccc(Cl)cc1)=N[C@@H](CC(=O)NCCCCNC(=O)c1ccc(C#CCN)cc1)c1nnc(C)n1-2. The highest BCUT2D eigenvalue weighted by Crippen LogP contribution is 2.39. The van der Waals surface area contributed by atoms with Crippen molar-refractivity contribution >= 4 is 40.5 Å². The summed E-state index contributed by atoms with van der Waals surface area (Å²) in [6.45, 7) is 7.40. The third-order valence-corrected chi connectivity index (χ3v) is 8.87. The molecule has 0 fully saturated rings. The number of halogens is 1. The van der Waals surface area contributed by atoms with Gasteiger partial charge in [-0.05, 0) is 75.6 Å². The van der Waals surface area contributed by atoms with Gasteiger partial charge >= 0.3 is 0 Å². The predicted octanol–water partition coefficient (Wildman–Crippen LogP) is 4.83. The minimum Gasteiger partial charge on any atom is -0.356 e. The third-order valence-electron chi connectivity index (χ3n) is 7.43. The first-order chi connectivity index (χ1) is 21.3. The van der Waals surface area contributed by atoms with Gasteiger partial charge in [0.15, 0.2) is 5.82 Å². The fourth-order valence-corrected chi connectivity index (χ4v) is 6.36. The summed E-state index contributed by atoms with van der Waals surface area (Å²) in [6, 6.07) is 14.2. The minimum absolute atomic E-state index is 0.124. The van der Waals surface area contributed by atoms with Crippen LogP contribution in [0.25, 0.3) is 5.00 Å². The molecule has 0 bridgehead atoms. The van der Waals surface area contributed by atoms with Crippen LogP contribution in [0.5, 0.6) is 0 Å². The Morgan fingerprint density at radius 2 is 1.70 bits per heavy atom. The Morgan fingerprint density at radius 1 is 1.00 bits per heavy atom. The van der Waals surface area contributed by atoms with Gasteiger partial charge in [-0.3, -0.25) is 19.1 Å². The maximum Gasteiger partial charge on any atom is 0.251 e. The molecule has 0 unspecified atom stereocenters. The molecule has 1 atom stereocenters. The average molecular weight is 628 g/mol. The van der Waals surface area contributed by atoms with Crippen LogP contribution in [0.15, 0.2) is 53.5 Å². The van der Waals surface area contributed by atoms with E-state index >= 15 is 0 Å². The molecule has 2 aromatic heterocycles. The van der Waals surface area contributed by atoms with Crippen LogP contribution < -0.4 is 16.4 Å². The van der Waals surface area contributed by atoms with Gasteiger partial charge in [0.05, 0.1) is 18.7 Å². The van der Waals surface area contributed by atoms with E-state index in [0.717, 1.165) is 45.2 Å². The van der Waals surface area contributed by atoms with Crippen LogP contribution in [0.1, 0.15) is 74.4 Å². The number of hydrogen-bond donors (Lipinski definition) is 3. The zero-order valence-corrected chi connectivity index (χ0v) is 26.5. The van der Waals surface area contributed by atoms with Crippen molar-refractivity contribution in [1.29, 1.82) is 0 Å². The lowest BCUT2D eigenvalue weighted by molar-refractivity contribution is -0.121. The molecule has 4 N–H and O–H groups in total. The summed E-state index contributed by atoms with van der Waals surface area (Å²) in [5.41, 5.74) is 10.7. The molecule has 0 radical (unpaired) electrons. The van der Waals surface area contributed by atoms with Gasteiger partial charge in [0.25, 0.3) is 5.91 Å². The summed E-state index contributed by atoms with van der Waals surface area (Å²) in [6.07, 6.45) is 1.57. The number of nitrogens with two attached hydrogens (primary N) is 1. The molecule has 0 saturated carbocycles. The van der Waals surface area contributed by atoms with E-state index in [9.17, 15) is 9.59 Å². The predicted molar refractivity (Wildman–Crippen MR) is 175 cm³/mol. The minimum atomic E-state index is -0.520. The summed E-state index contributed by atoms with van der Waals surface area (Å²) >= 11 is 7.87. The number of hydrogen-bond acceptors (Lipinski definition) is 7. The van der Waals surface area contributed by atoms with E-state index in [1.807, 2.05) is 35.8 Å². The van der Waals surface area contributed by atoms with Gasteiger partial charge in [-0.2, -0.15) is 0 Å². The molecule has 1 aliphatic heterocycles. The van der Waals surface area contributed by atoms with Crippen molar-refractivity contribution in [1.82, 2.24) is 25.4 Å². The maximum absolute atomic E-state index is 13.1. The van der Waals surface area contributed by atoms with Gasteiger partial charge in [0, 0.05) is 45.2 Å². The number of carbonyl (C=O) groups is 2. The molecule has 5 rings (SSSR count). The fraction of sp³-hybridized carbons (Fsp3) is 0.303. The summed E-state index contributed by atoms with van der Waals surface area (Å²) in [4.78, 5) is 31.9. The Balaban J connectivity index is 1.21. The second-order valence-electron chi connectivity index (χ2n) is 10.5. The number of nitrogens with one attached hydrogen (secondary N) is 2. The van der Waals surface area contributed by atoms with Crippen molar-refractivity contribution in [3.8, 4) is 16.8 Å². The van der Waals surface area contributed by atoms with Gasteiger partial charge in [-0.15, -0.1) is 21.5 Å². The van der Waals surface area contributed by atoms with Crippen LogP contribution in [0.2, 0.25) is 5.02 Å². The van der Waals surface area contributed by atoms with Crippen molar-refractivity contribution in [2.24, 2.45) is 10.7 Å². The first kappa shape index (κ1) is 31.1. The molecule has 44 heavy (non-hydrogen) atoms. The number of thiophene rings is 1. The van der Waals surface area contributed by atoms with Crippen molar-refractivity contribution in [2.45, 2.75) is 46.1 Å². The van der Waals surface area contributed by atoms with Crippen molar-refractivity contribution in [3.05, 3.63) is 97.9 Å². The summed E-state index contributed by atoms with van der Waals surface area (Å²) in [7, 11) is 0. The molecule has 9 nitrogen and oxygen atoms in total. The van der Waals surface area contributed by atoms with Gasteiger partial charge in [0.1, 0.15) is 16.9 Å². The van der Waals surface area contributed by atoms with Gasteiger partial charge in [0.2, 0.25) is 5.91 Å². The zero-order chi connectivity index (χ0) is 31.2. The quantitative estimate of drug-likeness (QED) is 0.181. The highest BCUT2D eigenvalue weighted by Gasteiger charge is 2.32. The van der Waals surface area contributed by atoms with Crippen LogP contribution in [0, 0.1) is 32.6 Å². The number of unbranched alkanes of at least 4 members (excludes halogenated alkanes) is 1. The lowest BCUT2D eigenvalue weighted by Gasteiger charge is -2.13. The monoisotopic (exact) mass is 627 g/mol. The number of aryl methyl sites for hydroxylation is 2. The summed E-state index contributed by atoms with van der Waals surface area (Å²) in [5.74, 6) is 6.86. The Hall–Kier alpha value is -4.30. The van der Waals surface area contributed by atoms with Crippen molar-refractivity contribution < 1.29 is 9.59 Å². The number of amides is 2. The number of aromatic nitrogens is 3. The smallest absolute Gasteiger partial charge is 0.251 e. The van der Waals surface area contributed by atoms with E-state index in [4.69, 9.17) is 22.3 Å². The Kier molecular flexibility index (Phi) is 9.90. The number of benzene rings is 2. The molecule has 226 valence electrons. The molecule has 2 amide bonds. The number of rotatable bonds is 9. The van der Waals surface area contributed by atoms with E-state index in [0.29, 0.717) is 42.5 Å². The maximum atomic E-state index is 13.1. The van der Waals surface area contributed by atoms with Crippen molar-refractivity contribution in [2.75, 3.05) is 19.6 Å². The lowest BCUT2D eigenvalue weighted by atomic mass is 9.99. The number of fused-ring (bicyclic) bond motifs is 3. The molecule has 0 aliphatic carbocycles. The first-order valence-corrected chi connectivity index (χ1v) is 15.7. The van der Waals surface area contributed by atoms with E-state index in [2.05, 4.69) is 46.5 Å². The number of carbonyl (C=O) groups excluding carboxylic acids is 2. The van der Waals surface area contributed by atoms with Gasteiger partial charge in [-0.1, -0.05) is 35.6 Å². The zero-order valence-electron chi connectivity index (χ0n) is 24.9. The topological polar surface area (TPSA) is 127 Å². The molecular formula is C33H34ClN7O2S. The van der Waals surface area contributed by atoms with Gasteiger partial charge < -0.3 is 16.4 Å². The molecule has 11 heteroatoms. The fourth-order valence-electron chi connectivity index (χ4n) is 5.02. The molecule has 0 saturated heterocycles. The Bertz CT molecular complexity index is 1760. The van der Waals surface area contributed by atoms with Crippen LogP contribution in [-0.2, 0) is 4.79 Å². The standard InChI is InChI=1S/C33H34ClN7O2S/c1-20-21(2)44-33-29(20)30(24-12-14-26(34)15-13-24)38-27(31-40-39-22(3)41(31)33)19-28(42)36-17-4-5-18-37-32(43)25-10-8-23(9-11-25)7-6-16-35/h8-15,27H,4-5,16-19,35H2,1-3H3,(H,36,42)(H,37,43)/t27-/m0/s1. The average Bonchev–Trinajstić information content (AvgIpc) is 3.50. The molecule has 1 aliphatic rings. The first-order valence-electron chi connectivity index (χ1n) is 14.5. The second-order valence-corrected chi connectivity index (χ2v) is 12.1. The number of nitrogens with zero attached hydrogens (tertiary/aromatic N) is 4.